The fraction of sp³-hybridized carbons (Fsp3) is 0.588. The Bertz CT molecular complexity index is 595. The zero-order valence-corrected chi connectivity index (χ0v) is 14.4. The number of aliphatic imine (C=N–C) groups is 1. The lowest BCUT2D eigenvalue weighted by Gasteiger charge is -2.36. The normalized spacial score (nSPS) is 28.8. The van der Waals surface area contributed by atoms with Gasteiger partial charge in [-0.3, -0.25) is 4.79 Å². The molecule has 1 amide bonds. The van der Waals surface area contributed by atoms with Crippen LogP contribution in [0, 0.1) is 5.92 Å². The summed E-state index contributed by atoms with van der Waals surface area (Å²) >= 11 is 0. The van der Waals surface area contributed by atoms with E-state index in [4.69, 9.17) is 11.5 Å². The maximum Gasteiger partial charge on any atom is 0.331 e. The molecule has 138 valence electrons. The van der Waals surface area contributed by atoms with Crippen LogP contribution in [0.25, 0.3) is 0 Å². The molecule has 0 aromatic carbocycles. The van der Waals surface area contributed by atoms with E-state index in [1.165, 1.54) is 6.92 Å². The molecule has 4 atom stereocenters. The van der Waals surface area contributed by atoms with Gasteiger partial charge in [0.1, 0.15) is 0 Å². The summed E-state index contributed by atoms with van der Waals surface area (Å²) in [5.74, 6) is -0.832. The Balaban J connectivity index is 2.19. The fourth-order valence-electron chi connectivity index (χ4n) is 3.41. The van der Waals surface area contributed by atoms with Gasteiger partial charge in [-0.25, -0.2) is 9.79 Å². The van der Waals surface area contributed by atoms with Crippen molar-refractivity contribution in [1.82, 2.24) is 10.6 Å². The monoisotopic (exact) mass is 349 g/mol. The van der Waals surface area contributed by atoms with Crippen LogP contribution >= 0.6 is 0 Å². The number of carboxylic acids is 1. The van der Waals surface area contributed by atoms with Crippen LogP contribution in [0.4, 0.5) is 0 Å². The number of allylic oxidation sites excluding steroid dienone is 2. The Morgan fingerprint density at radius 3 is 2.68 bits per heavy atom. The molecule has 0 aromatic rings. The molecule has 7 N–H and O–H groups in total. The molecule has 0 fully saturated rings. The van der Waals surface area contributed by atoms with Gasteiger partial charge in [0.2, 0.25) is 5.91 Å². The third-order valence-electron chi connectivity index (χ3n) is 4.59. The van der Waals surface area contributed by atoms with Crippen LogP contribution in [0.15, 0.2) is 28.8 Å². The highest BCUT2D eigenvalue weighted by Crippen LogP contribution is 2.24. The first-order valence-corrected chi connectivity index (χ1v) is 8.55. The summed E-state index contributed by atoms with van der Waals surface area (Å²) in [6.45, 7) is 2.16. The molecule has 0 heterocycles. The molecule has 8 nitrogen and oxygen atoms in total. The highest BCUT2D eigenvalue weighted by atomic mass is 16.4. The summed E-state index contributed by atoms with van der Waals surface area (Å²) in [4.78, 5) is 27.2. The standard InChI is InChI=1S/C17H27N5O3/c1-10(23)21-15-13(20-9-11-5-3-2-4-6-11)7-12(16(24)25)8-14(15)22-17(18)19/h2-3,7,11,13-15,20H,4-6,8-9H2,1H3,(H,21,23)(H,24,25)(H4,18,19,22). The highest BCUT2D eigenvalue weighted by molar-refractivity contribution is 5.87. The summed E-state index contributed by atoms with van der Waals surface area (Å²) < 4.78 is 0. The minimum Gasteiger partial charge on any atom is -0.478 e. The lowest BCUT2D eigenvalue weighted by Crippen LogP contribution is -2.57. The van der Waals surface area contributed by atoms with Crippen molar-refractivity contribution >= 4 is 17.8 Å². The van der Waals surface area contributed by atoms with Crippen molar-refractivity contribution in [3.8, 4) is 0 Å². The van der Waals surface area contributed by atoms with Crippen molar-refractivity contribution in [2.24, 2.45) is 22.4 Å². The third-order valence-corrected chi connectivity index (χ3v) is 4.59. The minimum atomic E-state index is -0.996. The molecular formula is C17H27N5O3. The number of guanidine groups is 1. The van der Waals surface area contributed by atoms with Crippen molar-refractivity contribution in [1.29, 1.82) is 0 Å². The number of carboxylic acid groups (broad SMARTS) is 1. The Morgan fingerprint density at radius 2 is 2.12 bits per heavy atom. The van der Waals surface area contributed by atoms with Gasteiger partial charge in [0.05, 0.1) is 12.1 Å². The Labute approximate surface area is 147 Å². The van der Waals surface area contributed by atoms with Crippen LogP contribution in [0.5, 0.6) is 0 Å². The maximum atomic E-state index is 11.6. The fourth-order valence-corrected chi connectivity index (χ4v) is 3.41. The van der Waals surface area contributed by atoms with Crippen LogP contribution in [0.2, 0.25) is 0 Å². The quantitative estimate of drug-likeness (QED) is 0.257. The summed E-state index contributed by atoms with van der Waals surface area (Å²) in [5.41, 5.74) is 11.2. The van der Waals surface area contributed by atoms with Crippen molar-refractivity contribution < 1.29 is 14.7 Å². The van der Waals surface area contributed by atoms with E-state index in [1.54, 1.807) is 6.08 Å². The van der Waals surface area contributed by atoms with E-state index in [-0.39, 0.29) is 29.9 Å². The zero-order chi connectivity index (χ0) is 18.4. The SMILES string of the molecule is CC(=O)NC1C(N=C(N)N)CC(C(=O)O)=CC1NCC1CC=CCC1. The molecule has 0 radical (unpaired) electrons. The molecule has 0 aromatic heterocycles. The molecule has 25 heavy (non-hydrogen) atoms. The first-order chi connectivity index (χ1) is 11.9. The van der Waals surface area contributed by atoms with Crippen molar-refractivity contribution in [3.05, 3.63) is 23.8 Å². The molecule has 2 aliphatic carbocycles. The number of amides is 1. The summed E-state index contributed by atoms with van der Waals surface area (Å²) in [5, 5.41) is 15.6. The number of nitrogens with one attached hydrogen (secondary N) is 2. The molecule has 0 saturated carbocycles. The first kappa shape index (κ1) is 19.0. The second kappa shape index (κ2) is 8.66. The van der Waals surface area contributed by atoms with E-state index >= 15 is 0 Å². The van der Waals surface area contributed by atoms with Gasteiger partial charge in [0.25, 0.3) is 0 Å². The van der Waals surface area contributed by atoms with Gasteiger partial charge >= 0.3 is 5.97 Å². The molecule has 2 rings (SSSR count). The Hall–Kier alpha value is -2.35. The zero-order valence-electron chi connectivity index (χ0n) is 14.4. The molecular weight excluding hydrogens is 322 g/mol. The number of carbonyl (C=O) groups excluding carboxylic acids is 1. The van der Waals surface area contributed by atoms with Gasteiger partial charge in [-0.2, -0.15) is 0 Å². The molecule has 0 spiro atoms. The third kappa shape index (κ3) is 5.60. The van der Waals surface area contributed by atoms with E-state index in [0.29, 0.717) is 5.92 Å². The predicted octanol–water partition coefficient (Wildman–Crippen LogP) is -0.138. The van der Waals surface area contributed by atoms with E-state index in [2.05, 4.69) is 27.8 Å². The predicted molar refractivity (Wildman–Crippen MR) is 95.8 cm³/mol. The van der Waals surface area contributed by atoms with Gasteiger partial charge < -0.3 is 27.2 Å². The first-order valence-electron chi connectivity index (χ1n) is 8.55. The van der Waals surface area contributed by atoms with Crippen LogP contribution in [0.3, 0.4) is 0 Å². The average molecular weight is 349 g/mol. The molecule has 0 saturated heterocycles. The second-order valence-electron chi connectivity index (χ2n) is 6.63. The van der Waals surface area contributed by atoms with Crippen LogP contribution in [-0.4, -0.2) is 47.6 Å². The van der Waals surface area contributed by atoms with Gasteiger partial charge in [-0.05, 0) is 31.7 Å². The maximum absolute atomic E-state index is 11.6. The van der Waals surface area contributed by atoms with Crippen LogP contribution in [-0.2, 0) is 9.59 Å². The molecule has 2 aliphatic rings. The number of rotatable bonds is 6. The second-order valence-corrected chi connectivity index (χ2v) is 6.63. The van der Waals surface area contributed by atoms with Gasteiger partial charge in [-0.1, -0.05) is 18.2 Å². The molecule has 8 heteroatoms. The number of carbonyl (C=O) groups is 2. The summed E-state index contributed by atoms with van der Waals surface area (Å²) in [6.07, 6.45) is 9.32. The van der Waals surface area contributed by atoms with Gasteiger partial charge in [0, 0.05) is 25.0 Å². The number of hydrogen-bond acceptors (Lipinski definition) is 4. The van der Waals surface area contributed by atoms with Crippen molar-refractivity contribution in [2.45, 2.75) is 50.7 Å². The van der Waals surface area contributed by atoms with Crippen molar-refractivity contribution in [2.75, 3.05) is 6.54 Å². The van der Waals surface area contributed by atoms with E-state index < -0.39 is 18.1 Å². The molecule has 0 bridgehead atoms. The number of nitrogens with zero attached hydrogens (tertiary/aromatic N) is 1. The number of aliphatic carboxylic acids is 1. The molecule has 4 unspecified atom stereocenters. The Kier molecular flexibility index (Phi) is 6.58. The van der Waals surface area contributed by atoms with Crippen molar-refractivity contribution in [3.63, 3.8) is 0 Å². The van der Waals surface area contributed by atoms with E-state index in [0.717, 1.165) is 25.8 Å². The lowest BCUT2D eigenvalue weighted by molar-refractivity contribution is -0.133. The van der Waals surface area contributed by atoms with Crippen LogP contribution < -0.4 is 22.1 Å². The number of nitrogens with two attached hydrogens (primary N) is 2. The van der Waals surface area contributed by atoms with E-state index in [1.807, 2.05) is 0 Å². The summed E-state index contributed by atoms with van der Waals surface area (Å²) in [6, 6.07) is -1.27. The topological polar surface area (TPSA) is 143 Å². The van der Waals surface area contributed by atoms with Gasteiger partial charge in [0.15, 0.2) is 5.96 Å². The van der Waals surface area contributed by atoms with E-state index in [9.17, 15) is 14.7 Å². The lowest BCUT2D eigenvalue weighted by atomic mass is 9.85. The smallest absolute Gasteiger partial charge is 0.331 e. The minimum absolute atomic E-state index is 0.122. The molecule has 0 aliphatic heterocycles. The van der Waals surface area contributed by atoms with Crippen LogP contribution in [0.1, 0.15) is 32.6 Å². The van der Waals surface area contributed by atoms with Gasteiger partial charge in [-0.15, -0.1) is 0 Å². The largest absolute Gasteiger partial charge is 0.478 e. The average Bonchev–Trinajstić information content (AvgIpc) is 2.54. The summed E-state index contributed by atoms with van der Waals surface area (Å²) in [7, 11) is 0. The highest BCUT2D eigenvalue weighted by Gasteiger charge is 2.36. The number of hydrogen-bond donors (Lipinski definition) is 5. The Morgan fingerprint density at radius 1 is 1.36 bits per heavy atom.